The summed E-state index contributed by atoms with van der Waals surface area (Å²) in [7, 11) is 0. The van der Waals surface area contributed by atoms with Gasteiger partial charge in [0.1, 0.15) is 0 Å². The maximum atomic E-state index is 12.5. The van der Waals surface area contributed by atoms with Crippen molar-refractivity contribution in [2.45, 2.75) is 19.9 Å². The molecule has 1 aromatic heterocycles. The van der Waals surface area contributed by atoms with Crippen LogP contribution in [0.4, 0.5) is 10.1 Å². The molecule has 0 bridgehead atoms. The minimum Gasteiger partial charge on any atom is -0.323 e. The largest absolute Gasteiger partial charge is 0.323 e. The van der Waals surface area contributed by atoms with Gasteiger partial charge in [-0.05, 0) is 18.1 Å². The van der Waals surface area contributed by atoms with Crippen molar-refractivity contribution in [3.8, 4) is 0 Å². The van der Waals surface area contributed by atoms with Gasteiger partial charge in [0.15, 0.2) is 0 Å². The molecule has 4 nitrogen and oxygen atoms in total. The lowest BCUT2D eigenvalue weighted by molar-refractivity contribution is -0.118. The third-order valence-corrected chi connectivity index (χ3v) is 2.02. The summed E-state index contributed by atoms with van der Waals surface area (Å²) in [6.07, 6.45) is 1.25. The quantitative estimate of drug-likeness (QED) is 0.737. The summed E-state index contributed by atoms with van der Waals surface area (Å²) in [5.41, 5.74) is 6.07. The van der Waals surface area contributed by atoms with Crippen molar-refractivity contribution in [3.05, 3.63) is 24.3 Å². The van der Waals surface area contributed by atoms with Crippen LogP contribution < -0.4 is 11.1 Å². The highest BCUT2D eigenvalue weighted by Crippen LogP contribution is 2.07. The Morgan fingerprint density at radius 2 is 2.20 bits per heavy atom. The third-order valence-electron chi connectivity index (χ3n) is 2.02. The molecule has 0 saturated carbocycles. The minimum atomic E-state index is -0.582. The molecule has 82 valence electrons. The molecule has 5 heteroatoms. The molecule has 0 aliphatic rings. The Labute approximate surface area is 87.7 Å². The fourth-order valence-electron chi connectivity index (χ4n) is 0.978. The van der Waals surface area contributed by atoms with Gasteiger partial charge in [0.2, 0.25) is 11.9 Å². The number of carbonyl (C=O) groups excluding carboxylic acids is 1. The molecular formula is C10H14FN3O. The first-order valence-corrected chi connectivity index (χ1v) is 4.68. The van der Waals surface area contributed by atoms with E-state index >= 15 is 0 Å². The Bertz CT molecular complexity index is 337. The Hall–Kier alpha value is -1.49. The predicted octanol–water partition coefficient (Wildman–Crippen LogP) is 1.14. The number of nitrogens with two attached hydrogens (primary N) is 1. The Morgan fingerprint density at radius 1 is 1.53 bits per heavy atom. The number of halogens is 1. The highest BCUT2D eigenvalue weighted by Gasteiger charge is 2.16. The molecule has 1 amide bonds. The normalized spacial score (nSPS) is 12.6. The molecule has 0 spiro atoms. The lowest BCUT2D eigenvalue weighted by atomic mass is 10.1. The van der Waals surface area contributed by atoms with E-state index in [1.165, 1.54) is 18.3 Å². The Kier molecular flexibility index (Phi) is 3.74. The average molecular weight is 211 g/mol. The van der Waals surface area contributed by atoms with Crippen molar-refractivity contribution in [1.82, 2.24) is 4.98 Å². The van der Waals surface area contributed by atoms with Crippen LogP contribution in [0, 0.1) is 11.9 Å². The molecule has 0 aliphatic heterocycles. The average Bonchev–Trinajstić information content (AvgIpc) is 2.20. The highest BCUT2D eigenvalue weighted by molar-refractivity contribution is 5.94. The molecular weight excluding hydrogens is 197 g/mol. The van der Waals surface area contributed by atoms with E-state index in [9.17, 15) is 9.18 Å². The molecule has 15 heavy (non-hydrogen) atoms. The van der Waals surface area contributed by atoms with Gasteiger partial charge >= 0.3 is 0 Å². The van der Waals surface area contributed by atoms with E-state index < -0.39 is 12.0 Å². The fraction of sp³-hybridized carbons (Fsp3) is 0.400. The van der Waals surface area contributed by atoms with Gasteiger partial charge < -0.3 is 11.1 Å². The van der Waals surface area contributed by atoms with E-state index in [2.05, 4.69) is 10.3 Å². The van der Waals surface area contributed by atoms with Crippen molar-refractivity contribution < 1.29 is 9.18 Å². The number of aromatic nitrogens is 1. The van der Waals surface area contributed by atoms with Crippen LogP contribution in [0.3, 0.4) is 0 Å². The molecule has 0 radical (unpaired) electrons. The first kappa shape index (κ1) is 11.6. The second-order valence-corrected chi connectivity index (χ2v) is 3.63. The van der Waals surface area contributed by atoms with Crippen molar-refractivity contribution in [1.29, 1.82) is 0 Å². The number of pyridine rings is 1. The number of hydrogen-bond donors (Lipinski definition) is 2. The molecule has 0 unspecified atom stereocenters. The number of nitrogens with zero attached hydrogens (tertiary/aromatic N) is 1. The molecule has 0 saturated heterocycles. The zero-order chi connectivity index (χ0) is 11.4. The zero-order valence-corrected chi connectivity index (χ0v) is 8.70. The number of carbonyl (C=O) groups is 1. The van der Waals surface area contributed by atoms with Crippen LogP contribution in [0.15, 0.2) is 18.3 Å². The van der Waals surface area contributed by atoms with E-state index in [4.69, 9.17) is 5.73 Å². The lowest BCUT2D eigenvalue weighted by Crippen LogP contribution is -2.39. The van der Waals surface area contributed by atoms with Gasteiger partial charge in [-0.15, -0.1) is 0 Å². The summed E-state index contributed by atoms with van der Waals surface area (Å²) in [5.74, 6) is -0.821. The molecule has 3 N–H and O–H groups in total. The van der Waals surface area contributed by atoms with Gasteiger partial charge in [-0.1, -0.05) is 13.8 Å². The number of anilines is 1. The van der Waals surface area contributed by atoms with E-state index in [1.54, 1.807) is 0 Å². The first-order chi connectivity index (χ1) is 7.00. The van der Waals surface area contributed by atoms with Crippen LogP contribution in [0.1, 0.15) is 13.8 Å². The molecule has 1 rings (SSSR count). The molecule has 0 fully saturated rings. The lowest BCUT2D eigenvalue weighted by Gasteiger charge is -2.14. The maximum Gasteiger partial charge on any atom is 0.241 e. The Morgan fingerprint density at radius 3 is 2.67 bits per heavy atom. The van der Waals surface area contributed by atoms with Crippen molar-refractivity contribution >= 4 is 11.6 Å². The molecule has 1 heterocycles. The van der Waals surface area contributed by atoms with Gasteiger partial charge in [-0.3, -0.25) is 4.79 Å². The number of hydrogen-bond acceptors (Lipinski definition) is 3. The summed E-state index contributed by atoms with van der Waals surface area (Å²) < 4.78 is 12.5. The van der Waals surface area contributed by atoms with Crippen LogP contribution in [0.25, 0.3) is 0 Å². The van der Waals surface area contributed by atoms with E-state index in [0.717, 1.165) is 0 Å². The monoisotopic (exact) mass is 211 g/mol. The number of rotatable bonds is 3. The Balaban J connectivity index is 2.62. The number of nitrogens with one attached hydrogen (secondary N) is 1. The molecule has 1 atom stereocenters. The zero-order valence-electron chi connectivity index (χ0n) is 8.70. The smallest absolute Gasteiger partial charge is 0.241 e. The third kappa shape index (κ3) is 3.28. The minimum absolute atomic E-state index is 0.0541. The predicted molar refractivity (Wildman–Crippen MR) is 55.6 cm³/mol. The summed E-state index contributed by atoms with van der Waals surface area (Å²) in [4.78, 5) is 14.9. The van der Waals surface area contributed by atoms with Gasteiger partial charge in [0.05, 0.1) is 17.9 Å². The second kappa shape index (κ2) is 4.84. The topological polar surface area (TPSA) is 68.0 Å². The summed E-state index contributed by atoms with van der Waals surface area (Å²) in [5, 5.41) is 2.56. The van der Waals surface area contributed by atoms with E-state index in [-0.39, 0.29) is 11.8 Å². The van der Waals surface area contributed by atoms with E-state index in [0.29, 0.717) is 5.69 Å². The first-order valence-electron chi connectivity index (χ1n) is 4.68. The summed E-state index contributed by atoms with van der Waals surface area (Å²) in [6, 6.07) is 2.04. The molecule has 1 aromatic rings. The highest BCUT2D eigenvalue weighted by atomic mass is 19.1. The standard InChI is InChI=1S/C10H14FN3O/c1-6(2)9(12)10(15)14-7-3-4-8(11)13-5-7/h3-6,9H,12H2,1-2H3,(H,14,15)/t9-/m1/s1. The van der Waals surface area contributed by atoms with Gasteiger partial charge in [-0.2, -0.15) is 4.39 Å². The fourth-order valence-corrected chi connectivity index (χ4v) is 0.978. The van der Waals surface area contributed by atoms with Crippen LogP contribution in [0.5, 0.6) is 0 Å². The van der Waals surface area contributed by atoms with Crippen molar-refractivity contribution in [2.24, 2.45) is 11.7 Å². The SMILES string of the molecule is CC(C)[C@@H](N)C(=O)Nc1ccc(F)nc1. The van der Waals surface area contributed by atoms with Gasteiger partial charge in [0, 0.05) is 0 Å². The van der Waals surface area contributed by atoms with Crippen LogP contribution >= 0.6 is 0 Å². The second-order valence-electron chi connectivity index (χ2n) is 3.63. The van der Waals surface area contributed by atoms with Crippen LogP contribution in [-0.4, -0.2) is 16.9 Å². The van der Waals surface area contributed by atoms with Crippen LogP contribution in [-0.2, 0) is 4.79 Å². The van der Waals surface area contributed by atoms with Crippen molar-refractivity contribution in [2.75, 3.05) is 5.32 Å². The molecule has 0 aliphatic carbocycles. The van der Waals surface area contributed by atoms with E-state index in [1.807, 2.05) is 13.8 Å². The summed E-state index contributed by atoms with van der Waals surface area (Å²) in [6.45, 7) is 3.71. The maximum absolute atomic E-state index is 12.5. The van der Waals surface area contributed by atoms with Gasteiger partial charge in [-0.25, -0.2) is 4.98 Å². The van der Waals surface area contributed by atoms with Crippen LogP contribution in [0.2, 0.25) is 0 Å². The number of amides is 1. The summed E-state index contributed by atoms with van der Waals surface area (Å²) >= 11 is 0. The van der Waals surface area contributed by atoms with Crippen molar-refractivity contribution in [3.63, 3.8) is 0 Å². The molecule has 0 aromatic carbocycles. The van der Waals surface area contributed by atoms with Gasteiger partial charge in [0.25, 0.3) is 0 Å².